The molecule has 1 saturated carbocycles. The Bertz CT molecular complexity index is 366. The Morgan fingerprint density at radius 1 is 1.32 bits per heavy atom. The summed E-state index contributed by atoms with van der Waals surface area (Å²) in [6.45, 7) is 4.83. The van der Waals surface area contributed by atoms with Crippen LogP contribution in [0.4, 0.5) is 0 Å². The highest BCUT2D eigenvalue weighted by Gasteiger charge is 2.52. The van der Waals surface area contributed by atoms with Crippen molar-refractivity contribution in [3.8, 4) is 0 Å². The summed E-state index contributed by atoms with van der Waals surface area (Å²) in [5.74, 6) is -0.664. The van der Waals surface area contributed by atoms with E-state index in [1.165, 1.54) is 0 Å². The average molecular weight is 285 g/mol. The van der Waals surface area contributed by atoms with Crippen molar-refractivity contribution in [2.75, 3.05) is 6.54 Å². The van der Waals surface area contributed by atoms with Crippen molar-refractivity contribution in [1.82, 2.24) is 5.32 Å². The minimum absolute atomic E-state index is 0.00987. The van der Waals surface area contributed by atoms with Crippen molar-refractivity contribution in [1.29, 1.82) is 0 Å². The summed E-state index contributed by atoms with van der Waals surface area (Å²) in [6, 6.07) is -0.312. The average Bonchev–Trinajstić information content (AvgIpc) is 2.97. The van der Waals surface area contributed by atoms with Gasteiger partial charge in [0.15, 0.2) is 0 Å². The predicted molar refractivity (Wildman–Crippen MR) is 76.0 cm³/mol. The Morgan fingerprint density at radius 3 is 2.53 bits per heavy atom. The lowest BCUT2D eigenvalue weighted by atomic mass is 9.75. The SMILES string of the molecule is CC(C)C1(C(=O)OC(=O)[C@@H]2CCCN2)CCCC1S. The van der Waals surface area contributed by atoms with Crippen LogP contribution in [0, 0.1) is 11.3 Å². The first-order valence-electron chi connectivity index (χ1n) is 7.16. The second kappa shape index (κ2) is 5.83. The molecule has 3 atom stereocenters. The number of carbonyl (C=O) groups is 2. The van der Waals surface area contributed by atoms with Gasteiger partial charge in [0.25, 0.3) is 0 Å². The Morgan fingerprint density at radius 2 is 2.05 bits per heavy atom. The van der Waals surface area contributed by atoms with E-state index in [2.05, 4.69) is 17.9 Å². The maximum Gasteiger partial charge on any atom is 0.330 e. The summed E-state index contributed by atoms with van der Waals surface area (Å²) >= 11 is 4.56. The third-order valence-electron chi connectivity index (χ3n) is 4.61. The molecular weight excluding hydrogens is 262 g/mol. The number of hydrogen-bond donors (Lipinski definition) is 2. The van der Waals surface area contributed by atoms with Crippen molar-refractivity contribution in [3.63, 3.8) is 0 Å². The van der Waals surface area contributed by atoms with Crippen LogP contribution in [0.1, 0.15) is 46.0 Å². The molecule has 1 saturated heterocycles. The molecular formula is C14H23NO3S. The molecule has 0 amide bonds. The van der Waals surface area contributed by atoms with Gasteiger partial charge in [0.2, 0.25) is 0 Å². The molecule has 19 heavy (non-hydrogen) atoms. The van der Waals surface area contributed by atoms with Gasteiger partial charge in [0.05, 0.1) is 5.41 Å². The lowest BCUT2D eigenvalue weighted by Gasteiger charge is -2.34. The highest BCUT2D eigenvalue weighted by molar-refractivity contribution is 7.81. The standard InChI is InChI=1S/C14H23NO3S/c1-9(2)14(7-3-6-11(14)19)13(17)18-12(16)10-5-4-8-15-10/h9-11,15,19H,3-8H2,1-2H3/t10-,11?,14?/m0/s1. The van der Waals surface area contributed by atoms with Gasteiger partial charge in [0, 0.05) is 5.25 Å². The molecule has 2 aliphatic rings. The van der Waals surface area contributed by atoms with Crippen LogP contribution in [-0.2, 0) is 14.3 Å². The Labute approximate surface area is 120 Å². The van der Waals surface area contributed by atoms with Crippen molar-refractivity contribution >= 4 is 24.6 Å². The minimum atomic E-state index is -0.600. The van der Waals surface area contributed by atoms with Crippen molar-refractivity contribution in [2.45, 2.75) is 57.2 Å². The van der Waals surface area contributed by atoms with Gasteiger partial charge in [-0.3, -0.25) is 4.79 Å². The number of esters is 2. The van der Waals surface area contributed by atoms with Crippen LogP contribution in [0.2, 0.25) is 0 Å². The number of carbonyl (C=O) groups excluding carboxylic acids is 2. The molecule has 0 aromatic carbocycles. The normalized spacial score (nSPS) is 34.7. The summed E-state index contributed by atoms with van der Waals surface area (Å²) < 4.78 is 5.16. The highest BCUT2D eigenvalue weighted by atomic mass is 32.1. The smallest absolute Gasteiger partial charge is 0.330 e. The molecule has 0 bridgehead atoms. The fourth-order valence-corrected chi connectivity index (χ4v) is 4.02. The molecule has 5 heteroatoms. The predicted octanol–water partition coefficient (Wildman–Crippen LogP) is 1.93. The maximum atomic E-state index is 12.5. The Kier molecular flexibility index (Phi) is 4.56. The van der Waals surface area contributed by atoms with Gasteiger partial charge in [-0.25, -0.2) is 4.79 Å². The first-order chi connectivity index (χ1) is 8.98. The van der Waals surface area contributed by atoms with Crippen LogP contribution < -0.4 is 5.32 Å². The van der Waals surface area contributed by atoms with Crippen molar-refractivity contribution in [2.24, 2.45) is 11.3 Å². The lowest BCUT2D eigenvalue weighted by Crippen LogP contribution is -2.45. The van der Waals surface area contributed by atoms with Crippen LogP contribution in [0.3, 0.4) is 0 Å². The largest absolute Gasteiger partial charge is 0.392 e. The van der Waals surface area contributed by atoms with E-state index >= 15 is 0 Å². The first kappa shape index (κ1) is 14.9. The number of nitrogens with one attached hydrogen (secondary N) is 1. The van der Waals surface area contributed by atoms with E-state index in [4.69, 9.17) is 4.74 Å². The zero-order valence-corrected chi connectivity index (χ0v) is 12.5. The lowest BCUT2D eigenvalue weighted by molar-refractivity contribution is -0.170. The van der Waals surface area contributed by atoms with Crippen molar-refractivity contribution < 1.29 is 14.3 Å². The molecule has 0 aromatic heterocycles. The molecule has 2 fully saturated rings. The summed E-state index contributed by atoms with van der Waals surface area (Å²) in [6.07, 6.45) is 4.36. The highest BCUT2D eigenvalue weighted by Crippen LogP contribution is 2.48. The second-order valence-corrected chi connectivity index (χ2v) is 6.58. The molecule has 0 spiro atoms. The Balaban J connectivity index is 2.06. The number of hydrogen-bond acceptors (Lipinski definition) is 5. The molecule has 0 aromatic rings. The molecule has 2 unspecified atom stereocenters. The van der Waals surface area contributed by atoms with Gasteiger partial charge in [-0.2, -0.15) is 12.6 Å². The fourth-order valence-electron chi connectivity index (χ4n) is 3.30. The summed E-state index contributed by atoms with van der Waals surface area (Å²) in [5, 5.41) is 3.05. The second-order valence-electron chi connectivity index (χ2n) is 5.96. The number of rotatable bonds is 3. The third-order valence-corrected chi connectivity index (χ3v) is 5.33. The van der Waals surface area contributed by atoms with Crippen LogP contribution in [0.25, 0.3) is 0 Å². The van der Waals surface area contributed by atoms with Crippen LogP contribution in [0.5, 0.6) is 0 Å². The van der Waals surface area contributed by atoms with E-state index in [0.717, 1.165) is 38.6 Å². The molecule has 108 valence electrons. The zero-order valence-electron chi connectivity index (χ0n) is 11.6. The van der Waals surface area contributed by atoms with Gasteiger partial charge in [-0.15, -0.1) is 0 Å². The van der Waals surface area contributed by atoms with E-state index in [9.17, 15) is 9.59 Å². The topological polar surface area (TPSA) is 55.4 Å². The maximum absolute atomic E-state index is 12.5. The molecule has 4 nitrogen and oxygen atoms in total. The zero-order chi connectivity index (χ0) is 14.0. The quantitative estimate of drug-likeness (QED) is 0.473. The molecule has 0 radical (unpaired) electrons. The van der Waals surface area contributed by atoms with Crippen LogP contribution >= 0.6 is 12.6 Å². The van der Waals surface area contributed by atoms with E-state index in [-0.39, 0.29) is 23.2 Å². The van der Waals surface area contributed by atoms with E-state index in [1.54, 1.807) is 0 Å². The summed E-state index contributed by atoms with van der Waals surface area (Å²) in [4.78, 5) is 24.4. The van der Waals surface area contributed by atoms with Crippen LogP contribution in [0.15, 0.2) is 0 Å². The van der Waals surface area contributed by atoms with E-state index in [1.807, 2.05) is 13.8 Å². The van der Waals surface area contributed by atoms with E-state index < -0.39 is 11.4 Å². The van der Waals surface area contributed by atoms with Gasteiger partial charge in [-0.05, 0) is 38.1 Å². The molecule has 1 aliphatic heterocycles. The fraction of sp³-hybridized carbons (Fsp3) is 0.857. The molecule has 1 aliphatic carbocycles. The molecule has 1 heterocycles. The minimum Gasteiger partial charge on any atom is -0.392 e. The molecule has 2 rings (SSSR count). The van der Waals surface area contributed by atoms with Crippen molar-refractivity contribution in [3.05, 3.63) is 0 Å². The number of ether oxygens (including phenoxy) is 1. The summed E-state index contributed by atoms with van der Waals surface area (Å²) in [5.41, 5.74) is -0.600. The molecule has 1 N–H and O–H groups in total. The first-order valence-corrected chi connectivity index (χ1v) is 7.67. The van der Waals surface area contributed by atoms with Gasteiger partial charge < -0.3 is 10.1 Å². The Hall–Kier alpha value is -0.550. The van der Waals surface area contributed by atoms with Gasteiger partial charge >= 0.3 is 11.9 Å². The van der Waals surface area contributed by atoms with E-state index in [0.29, 0.717) is 0 Å². The third kappa shape index (κ3) is 2.68. The van der Waals surface area contributed by atoms with Crippen LogP contribution in [-0.4, -0.2) is 29.8 Å². The van der Waals surface area contributed by atoms with Gasteiger partial charge in [0.1, 0.15) is 6.04 Å². The summed E-state index contributed by atoms with van der Waals surface area (Å²) in [7, 11) is 0. The monoisotopic (exact) mass is 285 g/mol. The number of thiol groups is 1. The van der Waals surface area contributed by atoms with Gasteiger partial charge in [-0.1, -0.05) is 20.3 Å².